The number of unbranched alkanes of at least 4 members (excludes halogenated alkanes) is 2. The van der Waals surface area contributed by atoms with Crippen LogP contribution in [0.4, 0.5) is 0 Å². The van der Waals surface area contributed by atoms with E-state index in [2.05, 4.69) is 12.2 Å². The molecule has 18 heavy (non-hydrogen) atoms. The van der Waals surface area contributed by atoms with Gasteiger partial charge in [-0.1, -0.05) is 19.8 Å². The third kappa shape index (κ3) is 3.33. The predicted molar refractivity (Wildman–Crippen MR) is 69.3 cm³/mol. The molecule has 1 N–H and O–H groups in total. The molecule has 0 aromatic heterocycles. The third-order valence-electron chi connectivity index (χ3n) is 3.49. The van der Waals surface area contributed by atoms with Gasteiger partial charge in [0.2, 0.25) is 0 Å². The second-order valence-corrected chi connectivity index (χ2v) is 4.96. The lowest BCUT2D eigenvalue weighted by Gasteiger charge is -2.19. The predicted octanol–water partition coefficient (Wildman–Crippen LogP) is 1.80. The van der Waals surface area contributed by atoms with Gasteiger partial charge in [-0.3, -0.25) is 0 Å². The minimum Gasteiger partial charge on any atom is -0.463 e. The Hall–Kier alpha value is -0.870. The fourth-order valence-electron chi connectivity index (χ4n) is 2.41. The van der Waals surface area contributed by atoms with E-state index in [1.54, 1.807) is 0 Å². The molecule has 0 aromatic rings. The second-order valence-electron chi connectivity index (χ2n) is 4.96. The molecule has 0 aromatic carbocycles. The Labute approximate surface area is 109 Å². The molecule has 1 fully saturated rings. The topological polar surface area (TPSA) is 57.5 Å². The molecule has 0 radical (unpaired) electrons. The Bertz CT molecular complexity index is 327. The molecule has 102 valence electrons. The van der Waals surface area contributed by atoms with Gasteiger partial charge in [-0.2, -0.15) is 0 Å². The van der Waals surface area contributed by atoms with Crippen LogP contribution in [0.3, 0.4) is 0 Å². The van der Waals surface area contributed by atoms with Crippen LogP contribution < -0.4 is 5.32 Å². The monoisotopic (exact) mass is 253 g/mol. The highest BCUT2D eigenvalue weighted by molar-refractivity contribution is 5.89. The summed E-state index contributed by atoms with van der Waals surface area (Å²) in [6.07, 6.45) is 6.25. The maximum absolute atomic E-state index is 11.7. The number of nitrogens with one attached hydrogen (secondary N) is 1. The van der Waals surface area contributed by atoms with Crippen molar-refractivity contribution in [1.82, 2.24) is 5.32 Å². The zero-order valence-corrected chi connectivity index (χ0v) is 11.3. The zero-order chi connectivity index (χ0) is 13.0. The Balaban J connectivity index is 1.85. The molecule has 0 bridgehead atoms. The highest BCUT2D eigenvalue weighted by Gasteiger charge is 2.46. The van der Waals surface area contributed by atoms with Gasteiger partial charge >= 0.3 is 5.97 Å². The fraction of sp³-hybridized carbons (Fsp3) is 0.786. The normalized spacial score (nSPS) is 29.4. The number of hydrogen-bond acceptors (Lipinski definition) is 4. The Morgan fingerprint density at radius 2 is 2.28 bits per heavy atom. The Morgan fingerprint density at radius 1 is 1.44 bits per heavy atom. The van der Waals surface area contributed by atoms with Gasteiger partial charge in [0.15, 0.2) is 0 Å². The summed E-state index contributed by atoms with van der Waals surface area (Å²) < 4.78 is 10.9. The van der Waals surface area contributed by atoms with Crippen molar-refractivity contribution in [2.45, 2.75) is 57.7 Å². The number of esters is 1. The number of carbonyl (C=O) groups excluding carboxylic acids is 1. The zero-order valence-electron chi connectivity index (χ0n) is 11.3. The van der Waals surface area contributed by atoms with Crippen molar-refractivity contribution >= 4 is 5.97 Å². The van der Waals surface area contributed by atoms with Crippen LogP contribution in [-0.2, 0) is 14.3 Å². The fourth-order valence-corrected chi connectivity index (χ4v) is 2.41. The van der Waals surface area contributed by atoms with Crippen LogP contribution in [0.5, 0.6) is 0 Å². The number of ether oxygens (including phenoxy) is 2. The van der Waals surface area contributed by atoms with E-state index in [9.17, 15) is 4.79 Å². The first kappa shape index (κ1) is 13.6. The largest absolute Gasteiger partial charge is 0.463 e. The summed E-state index contributed by atoms with van der Waals surface area (Å²) in [4.78, 5) is 11.7. The molecule has 3 atom stereocenters. The SMILES string of the molecule is CCCCCOC1C=C(C(=O)OCC)CC2NC21. The summed E-state index contributed by atoms with van der Waals surface area (Å²) in [7, 11) is 0. The molecule has 0 amide bonds. The summed E-state index contributed by atoms with van der Waals surface area (Å²) >= 11 is 0. The van der Waals surface area contributed by atoms with Gasteiger partial charge in [0, 0.05) is 18.2 Å². The molecular formula is C14H23NO3. The van der Waals surface area contributed by atoms with Crippen molar-refractivity contribution in [2.24, 2.45) is 0 Å². The van der Waals surface area contributed by atoms with Crippen molar-refractivity contribution in [3.05, 3.63) is 11.6 Å². The summed E-state index contributed by atoms with van der Waals surface area (Å²) in [6, 6.07) is 0.815. The van der Waals surface area contributed by atoms with E-state index in [1.807, 2.05) is 13.0 Å². The molecule has 2 rings (SSSR count). The van der Waals surface area contributed by atoms with Crippen LogP contribution in [0.2, 0.25) is 0 Å². The summed E-state index contributed by atoms with van der Waals surface area (Å²) in [5, 5.41) is 3.36. The molecule has 3 unspecified atom stereocenters. The van der Waals surface area contributed by atoms with Crippen molar-refractivity contribution in [2.75, 3.05) is 13.2 Å². The van der Waals surface area contributed by atoms with Crippen molar-refractivity contribution in [3.63, 3.8) is 0 Å². The molecule has 1 aliphatic carbocycles. The molecule has 2 aliphatic rings. The lowest BCUT2D eigenvalue weighted by molar-refractivity contribution is -0.138. The van der Waals surface area contributed by atoms with Gasteiger partial charge in [-0.25, -0.2) is 4.79 Å². The summed E-state index contributed by atoms with van der Waals surface area (Å²) in [5.74, 6) is -0.188. The summed E-state index contributed by atoms with van der Waals surface area (Å²) in [6.45, 7) is 5.21. The van der Waals surface area contributed by atoms with Crippen molar-refractivity contribution in [1.29, 1.82) is 0 Å². The lowest BCUT2D eigenvalue weighted by Crippen LogP contribution is -2.27. The number of rotatable bonds is 7. The molecule has 0 saturated carbocycles. The molecule has 1 heterocycles. The van der Waals surface area contributed by atoms with E-state index in [0.29, 0.717) is 18.7 Å². The highest BCUT2D eigenvalue weighted by Crippen LogP contribution is 2.31. The Kier molecular flexibility index (Phi) is 4.78. The van der Waals surface area contributed by atoms with E-state index in [-0.39, 0.29) is 12.1 Å². The van der Waals surface area contributed by atoms with Crippen LogP contribution >= 0.6 is 0 Å². The van der Waals surface area contributed by atoms with Gasteiger partial charge in [-0.15, -0.1) is 0 Å². The molecule has 1 saturated heterocycles. The number of fused-ring (bicyclic) bond motifs is 1. The molecule has 1 aliphatic heterocycles. The quantitative estimate of drug-likeness (QED) is 0.427. The van der Waals surface area contributed by atoms with Gasteiger partial charge in [-0.05, 0) is 25.8 Å². The van der Waals surface area contributed by atoms with Gasteiger partial charge < -0.3 is 14.8 Å². The van der Waals surface area contributed by atoms with E-state index in [1.165, 1.54) is 12.8 Å². The van der Waals surface area contributed by atoms with E-state index in [4.69, 9.17) is 9.47 Å². The first-order chi connectivity index (χ1) is 8.76. The minimum atomic E-state index is -0.188. The molecule has 0 spiro atoms. The van der Waals surface area contributed by atoms with Gasteiger partial charge in [0.1, 0.15) is 0 Å². The number of hydrogen-bond donors (Lipinski definition) is 1. The smallest absolute Gasteiger partial charge is 0.333 e. The Morgan fingerprint density at radius 3 is 3.00 bits per heavy atom. The maximum atomic E-state index is 11.7. The van der Waals surface area contributed by atoms with Gasteiger partial charge in [0.05, 0.1) is 18.8 Å². The maximum Gasteiger partial charge on any atom is 0.333 e. The standard InChI is InChI=1S/C14H23NO3/c1-3-5-6-7-18-12-9-10(14(16)17-4-2)8-11-13(12)15-11/h9,11-13,15H,3-8H2,1-2H3. The van der Waals surface area contributed by atoms with Crippen LogP contribution in [0.25, 0.3) is 0 Å². The van der Waals surface area contributed by atoms with E-state index in [0.717, 1.165) is 25.0 Å². The van der Waals surface area contributed by atoms with Crippen LogP contribution in [0.15, 0.2) is 11.6 Å². The second kappa shape index (κ2) is 6.34. The average molecular weight is 253 g/mol. The van der Waals surface area contributed by atoms with E-state index >= 15 is 0 Å². The van der Waals surface area contributed by atoms with Crippen LogP contribution in [0, 0.1) is 0 Å². The van der Waals surface area contributed by atoms with Gasteiger partial charge in [0.25, 0.3) is 0 Å². The minimum absolute atomic E-state index is 0.0417. The first-order valence-electron chi connectivity index (χ1n) is 7.01. The molecule has 4 nitrogen and oxygen atoms in total. The van der Waals surface area contributed by atoms with Crippen LogP contribution in [0.1, 0.15) is 39.5 Å². The molecular weight excluding hydrogens is 230 g/mol. The first-order valence-corrected chi connectivity index (χ1v) is 7.01. The highest BCUT2D eigenvalue weighted by atomic mass is 16.5. The van der Waals surface area contributed by atoms with Crippen LogP contribution in [-0.4, -0.2) is 37.4 Å². The van der Waals surface area contributed by atoms with E-state index < -0.39 is 0 Å². The molecule has 4 heteroatoms. The third-order valence-corrected chi connectivity index (χ3v) is 3.49. The van der Waals surface area contributed by atoms with Crippen molar-refractivity contribution < 1.29 is 14.3 Å². The summed E-state index contributed by atoms with van der Waals surface area (Å²) in [5.41, 5.74) is 0.767. The lowest BCUT2D eigenvalue weighted by atomic mass is 9.97. The number of carbonyl (C=O) groups is 1. The van der Waals surface area contributed by atoms with Crippen molar-refractivity contribution in [3.8, 4) is 0 Å². The average Bonchev–Trinajstić information content (AvgIpc) is 3.14.